The average Bonchev–Trinajstić information content (AvgIpc) is 2.05. The van der Waals surface area contributed by atoms with E-state index in [0.29, 0.717) is 0 Å². The fourth-order valence-corrected chi connectivity index (χ4v) is 1.35. The summed E-state index contributed by atoms with van der Waals surface area (Å²) in [4.78, 5) is 14.5. The molecular weight excluding hydrogens is 199 g/mol. The molecule has 1 rings (SSSR count). The lowest BCUT2D eigenvalue weighted by molar-refractivity contribution is -0.110. The topological polar surface area (TPSA) is 23.6 Å². The molecule has 1 aliphatic heterocycles. The van der Waals surface area contributed by atoms with E-state index in [9.17, 15) is 4.79 Å². The van der Waals surface area contributed by atoms with Gasteiger partial charge in [-0.2, -0.15) is 0 Å². The quantitative estimate of drug-likeness (QED) is 0.377. The number of hydrogen-bond acceptors (Lipinski definition) is 3. The van der Waals surface area contributed by atoms with Gasteiger partial charge in [0.2, 0.25) is 0 Å². The first-order chi connectivity index (χ1) is 5.24. The second-order valence-electron chi connectivity index (χ2n) is 2.85. The molecule has 1 aliphatic rings. The molecule has 1 atom stereocenters. The summed E-state index contributed by atoms with van der Waals surface area (Å²) in [5, 5.41) is 0. The Kier molecular flexibility index (Phi) is 5.84. The van der Waals surface area contributed by atoms with Gasteiger partial charge in [0.05, 0.1) is 0 Å². The van der Waals surface area contributed by atoms with Gasteiger partial charge in [0.25, 0.3) is 0 Å². The molecular formula is C7H14Cl2N2O. The van der Waals surface area contributed by atoms with Crippen LogP contribution in [0.4, 0.5) is 0 Å². The van der Waals surface area contributed by atoms with Crippen LogP contribution in [0.15, 0.2) is 0 Å². The molecule has 0 amide bonds. The van der Waals surface area contributed by atoms with Gasteiger partial charge >= 0.3 is 0 Å². The molecule has 0 spiro atoms. The van der Waals surface area contributed by atoms with Gasteiger partial charge in [-0.05, 0) is 7.05 Å². The van der Waals surface area contributed by atoms with E-state index in [-0.39, 0.29) is 12.4 Å². The van der Waals surface area contributed by atoms with Crippen molar-refractivity contribution in [3.8, 4) is 0 Å². The van der Waals surface area contributed by atoms with Gasteiger partial charge in [-0.1, -0.05) is 11.6 Å². The molecule has 1 heterocycles. The van der Waals surface area contributed by atoms with Crippen LogP contribution in [0.2, 0.25) is 0 Å². The number of likely N-dealkylation sites (N-methyl/N-ethyl adjacent to an activating group) is 1. The van der Waals surface area contributed by atoms with Gasteiger partial charge < -0.3 is 9.69 Å². The molecule has 1 unspecified atom stereocenters. The zero-order chi connectivity index (χ0) is 8.27. The second-order valence-corrected chi connectivity index (χ2v) is 3.30. The molecule has 5 heteroatoms. The number of hydrogen-bond donors (Lipinski definition) is 0. The maximum Gasteiger partial charge on any atom is 0.152 e. The van der Waals surface area contributed by atoms with Crippen LogP contribution < -0.4 is 0 Å². The van der Waals surface area contributed by atoms with Crippen molar-refractivity contribution in [3.63, 3.8) is 0 Å². The van der Waals surface area contributed by atoms with Gasteiger partial charge in [0, 0.05) is 26.2 Å². The molecule has 3 nitrogen and oxygen atoms in total. The summed E-state index contributed by atoms with van der Waals surface area (Å²) in [6, 6.07) is 0. The van der Waals surface area contributed by atoms with Crippen LogP contribution in [-0.4, -0.2) is 54.8 Å². The van der Waals surface area contributed by atoms with Gasteiger partial charge in [0.15, 0.2) is 6.29 Å². The second kappa shape index (κ2) is 5.75. The van der Waals surface area contributed by atoms with Crippen molar-refractivity contribution in [2.75, 3.05) is 33.2 Å². The zero-order valence-electron chi connectivity index (χ0n) is 7.07. The van der Waals surface area contributed by atoms with Gasteiger partial charge in [-0.15, -0.1) is 12.4 Å². The summed E-state index contributed by atoms with van der Waals surface area (Å²) in [5.74, 6) is 0. The zero-order valence-corrected chi connectivity index (χ0v) is 8.64. The van der Waals surface area contributed by atoms with E-state index in [4.69, 9.17) is 11.6 Å². The van der Waals surface area contributed by atoms with Crippen molar-refractivity contribution >= 4 is 30.3 Å². The van der Waals surface area contributed by atoms with E-state index in [1.165, 1.54) is 0 Å². The lowest BCUT2D eigenvalue weighted by Gasteiger charge is -2.33. The van der Waals surface area contributed by atoms with Gasteiger partial charge in [0.1, 0.15) is 5.50 Å². The third kappa shape index (κ3) is 3.27. The number of aldehydes is 1. The molecule has 0 bridgehead atoms. The fraction of sp³-hybridized carbons (Fsp3) is 0.857. The number of halogens is 2. The third-order valence-electron chi connectivity index (χ3n) is 2.00. The van der Waals surface area contributed by atoms with Crippen molar-refractivity contribution in [1.29, 1.82) is 0 Å². The van der Waals surface area contributed by atoms with Crippen molar-refractivity contribution < 1.29 is 4.79 Å². The molecule has 72 valence electrons. The Bertz CT molecular complexity index is 137. The summed E-state index contributed by atoms with van der Waals surface area (Å²) in [5.41, 5.74) is -0.427. The molecule has 0 N–H and O–H groups in total. The molecule has 0 aromatic heterocycles. The summed E-state index contributed by atoms with van der Waals surface area (Å²) in [6.45, 7) is 3.78. The minimum absolute atomic E-state index is 0. The van der Waals surface area contributed by atoms with E-state index in [1.54, 1.807) is 0 Å². The first kappa shape index (κ1) is 12.2. The third-order valence-corrected chi connectivity index (χ3v) is 2.38. The number of carbonyl (C=O) groups is 1. The Labute approximate surface area is 84.1 Å². The van der Waals surface area contributed by atoms with E-state index in [0.717, 1.165) is 32.5 Å². The minimum Gasteiger partial charge on any atom is -0.304 e. The van der Waals surface area contributed by atoms with Gasteiger partial charge in [-0.25, -0.2) is 0 Å². The number of rotatable bonds is 2. The highest BCUT2D eigenvalue weighted by Crippen LogP contribution is 2.05. The minimum atomic E-state index is -0.427. The number of alkyl halides is 1. The highest BCUT2D eigenvalue weighted by atomic mass is 35.5. The summed E-state index contributed by atoms with van der Waals surface area (Å²) in [6.07, 6.45) is 0.785. The molecule has 0 radical (unpaired) electrons. The Hall–Kier alpha value is 0.170. The SMILES string of the molecule is CN1CCN(C(Cl)C=O)CC1.Cl. The summed E-state index contributed by atoms with van der Waals surface area (Å²) < 4.78 is 0. The molecule has 0 saturated carbocycles. The highest BCUT2D eigenvalue weighted by Gasteiger charge is 2.19. The summed E-state index contributed by atoms with van der Waals surface area (Å²) in [7, 11) is 2.07. The monoisotopic (exact) mass is 212 g/mol. The van der Waals surface area contributed by atoms with Crippen molar-refractivity contribution in [1.82, 2.24) is 9.80 Å². The number of carbonyl (C=O) groups excluding carboxylic acids is 1. The fourth-order valence-electron chi connectivity index (χ4n) is 1.15. The van der Waals surface area contributed by atoms with E-state index < -0.39 is 5.50 Å². The lowest BCUT2D eigenvalue weighted by atomic mass is 10.3. The molecule has 0 aromatic rings. The Morgan fingerprint density at radius 3 is 2.25 bits per heavy atom. The van der Waals surface area contributed by atoms with E-state index in [2.05, 4.69) is 11.9 Å². The van der Waals surface area contributed by atoms with Crippen LogP contribution >= 0.6 is 24.0 Å². The van der Waals surface area contributed by atoms with Crippen molar-refractivity contribution in [2.24, 2.45) is 0 Å². The summed E-state index contributed by atoms with van der Waals surface area (Å²) >= 11 is 5.73. The molecule has 1 fully saturated rings. The first-order valence-corrected chi connectivity index (χ1v) is 4.19. The number of nitrogens with zero attached hydrogens (tertiary/aromatic N) is 2. The van der Waals surface area contributed by atoms with E-state index >= 15 is 0 Å². The predicted octanol–water partition coefficient (Wildman–Crippen LogP) is 0.419. The standard InChI is InChI=1S/C7H13ClN2O.ClH/c1-9-2-4-10(5-3-9)7(8)6-11;/h6-7H,2-5H2,1H3;1H. The highest BCUT2D eigenvalue weighted by molar-refractivity contribution is 6.27. The Balaban J connectivity index is 0.00000121. The van der Waals surface area contributed by atoms with Crippen LogP contribution in [0.25, 0.3) is 0 Å². The predicted molar refractivity (Wildman–Crippen MR) is 52.0 cm³/mol. The largest absolute Gasteiger partial charge is 0.304 e. The van der Waals surface area contributed by atoms with E-state index in [1.807, 2.05) is 4.90 Å². The van der Waals surface area contributed by atoms with Crippen LogP contribution in [0.5, 0.6) is 0 Å². The van der Waals surface area contributed by atoms with Crippen LogP contribution in [0.1, 0.15) is 0 Å². The number of piperazine rings is 1. The Morgan fingerprint density at radius 1 is 1.33 bits per heavy atom. The lowest BCUT2D eigenvalue weighted by Crippen LogP contribution is -2.47. The first-order valence-electron chi connectivity index (χ1n) is 3.76. The molecule has 1 saturated heterocycles. The maximum absolute atomic E-state index is 10.3. The maximum atomic E-state index is 10.3. The average molecular weight is 213 g/mol. The van der Waals surface area contributed by atoms with Crippen molar-refractivity contribution in [2.45, 2.75) is 5.50 Å². The molecule has 0 aliphatic carbocycles. The molecule has 12 heavy (non-hydrogen) atoms. The van der Waals surface area contributed by atoms with Gasteiger partial charge in [-0.3, -0.25) is 4.90 Å². The van der Waals surface area contributed by atoms with Crippen LogP contribution in [0.3, 0.4) is 0 Å². The van der Waals surface area contributed by atoms with Crippen LogP contribution in [0, 0.1) is 0 Å². The van der Waals surface area contributed by atoms with Crippen LogP contribution in [-0.2, 0) is 4.79 Å². The normalized spacial score (nSPS) is 22.8. The Morgan fingerprint density at radius 2 is 1.83 bits per heavy atom. The molecule has 0 aromatic carbocycles. The smallest absolute Gasteiger partial charge is 0.152 e. The van der Waals surface area contributed by atoms with Crippen molar-refractivity contribution in [3.05, 3.63) is 0 Å².